The third-order valence-corrected chi connectivity index (χ3v) is 4.97. The number of carbonyl (C=O) groups is 1. The van der Waals surface area contributed by atoms with Crippen molar-refractivity contribution >= 4 is 34.1 Å². The molecule has 1 fully saturated rings. The van der Waals surface area contributed by atoms with Gasteiger partial charge in [0.15, 0.2) is 4.34 Å². The minimum absolute atomic E-state index is 0.0456. The van der Waals surface area contributed by atoms with Crippen LogP contribution in [0.5, 0.6) is 0 Å². The van der Waals surface area contributed by atoms with Crippen LogP contribution in [0.4, 0.5) is 5.13 Å². The van der Waals surface area contributed by atoms with E-state index in [1.54, 1.807) is 6.26 Å². The van der Waals surface area contributed by atoms with E-state index in [1.165, 1.54) is 35.9 Å². The Labute approximate surface area is 130 Å². The monoisotopic (exact) mass is 324 g/mol. The van der Waals surface area contributed by atoms with E-state index in [4.69, 9.17) is 4.42 Å². The zero-order valence-corrected chi connectivity index (χ0v) is 13.2. The molecule has 0 bridgehead atoms. The fraction of sp³-hybridized carbons (Fsp3) is 0.462. The number of hydrogen-bond donors (Lipinski definition) is 2. The lowest BCUT2D eigenvalue weighted by molar-refractivity contribution is -0.119. The number of nitrogens with one attached hydrogen (secondary N) is 2. The molecule has 0 aromatic carbocycles. The SMILES string of the molecule is CC(NC(=O)CSc1nnc(NC2CC2)s1)c1ccco1. The minimum atomic E-state index is -0.130. The molecular weight excluding hydrogens is 308 g/mol. The third kappa shape index (κ3) is 4.21. The van der Waals surface area contributed by atoms with Crippen molar-refractivity contribution in [2.75, 3.05) is 11.1 Å². The van der Waals surface area contributed by atoms with Crippen molar-refractivity contribution in [2.45, 2.75) is 36.2 Å². The van der Waals surface area contributed by atoms with Crippen LogP contribution in [-0.4, -0.2) is 27.9 Å². The van der Waals surface area contributed by atoms with E-state index in [9.17, 15) is 4.79 Å². The molecule has 6 nitrogen and oxygen atoms in total. The zero-order valence-electron chi connectivity index (χ0n) is 11.5. The van der Waals surface area contributed by atoms with Crippen molar-refractivity contribution in [2.24, 2.45) is 0 Å². The lowest BCUT2D eigenvalue weighted by Gasteiger charge is -2.10. The molecule has 2 aromatic heterocycles. The van der Waals surface area contributed by atoms with Gasteiger partial charge in [-0.05, 0) is 31.9 Å². The third-order valence-electron chi connectivity index (χ3n) is 2.99. The smallest absolute Gasteiger partial charge is 0.231 e. The first kappa shape index (κ1) is 14.4. The maximum absolute atomic E-state index is 11.9. The minimum Gasteiger partial charge on any atom is -0.467 e. The fourth-order valence-corrected chi connectivity index (χ4v) is 3.39. The molecule has 0 saturated heterocycles. The summed E-state index contributed by atoms with van der Waals surface area (Å²) in [4.78, 5) is 11.9. The Kier molecular flexibility index (Phi) is 4.45. The van der Waals surface area contributed by atoms with Crippen molar-refractivity contribution < 1.29 is 9.21 Å². The number of rotatable bonds is 7. The number of carbonyl (C=O) groups excluding carboxylic acids is 1. The summed E-state index contributed by atoms with van der Waals surface area (Å²) in [5, 5.41) is 15.2. The molecule has 8 heteroatoms. The van der Waals surface area contributed by atoms with E-state index < -0.39 is 0 Å². The number of amides is 1. The molecule has 21 heavy (non-hydrogen) atoms. The average molecular weight is 324 g/mol. The maximum Gasteiger partial charge on any atom is 0.231 e. The zero-order chi connectivity index (χ0) is 14.7. The molecule has 1 atom stereocenters. The highest BCUT2D eigenvalue weighted by molar-refractivity contribution is 8.01. The van der Waals surface area contributed by atoms with Crippen LogP contribution in [0.1, 0.15) is 31.6 Å². The second-order valence-electron chi connectivity index (χ2n) is 4.89. The number of hydrogen-bond acceptors (Lipinski definition) is 7. The molecule has 1 aliphatic rings. The molecule has 2 N–H and O–H groups in total. The normalized spacial score (nSPS) is 15.7. The summed E-state index contributed by atoms with van der Waals surface area (Å²) in [5.41, 5.74) is 0. The quantitative estimate of drug-likeness (QED) is 0.762. The lowest BCUT2D eigenvalue weighted by atomic mass is 10.2. The predicted octanol–water partition coefficient (Wildman–Crippen LogP) is 2.67. The highest BCUT2D eigenvalue weighted by atomic mass is 32.2. The summed E-state index contributed by atoms with van der Waals surface area (Å²) in [7, 11) is 0. The van der Waals surface area contributed by atoms with Crippen LogP contribution in [0, 0.1) is 0 Å². The van der Waals surface area contributed by atoms with Gasteiger partial charge in [-0.2, -0.15) is 0 Å². The van der Waals surface area contributed by atoms with Crippen LogP contribution >= 0.6 is 23.1 Å². The van der Waals surface area contributed by atoms with Gasteiger partial charge < -0.3 is 15.1 Å². The van der Waals surface area contributed by atoms with E-state index in [-0.39, 0.29) is 11.9 Å². The molecule has 0 aliphatic heterocycles. The summed E-state index contributed by atoms with van der Waals surface area (Å²) >= 11 is 2.89. The predicted molar refractivity (Wildman–Crippen MR) is 82.5 cm³/mol. The number of thioether (sulfide) groups is 1. The van der Waals surface area contributed by atoms with Crippen LogP contribution in [0.15, 0.2) is 27.2 Å². The largest absolute Gasteiger partial charge is 0.467 e. The van der Waals surface area contributed by atoms with Crippen LogP contribution in [0.25, 0.3) is 0 Å². The first-order valence-electron chi connectivity index (χ1n) is 6.76. The van der Waals surface area contributed by atoms with E-state index in [0.29, 0.717) is 11.8 Å². The Bertz CT molecular complexity index is 595. The standard InChI is InChI=1S/C13H16N4O2S2/c1-8(10-3-2-6-19-10)14-11(18)7-20-13-17-16-12(21-13)15-9-4-5-9/h2-3,6,8-9H,4-5,7H2,1H3,(H,14,18)(H,15,16). The van der Waals surface area contributed by atoms with Crippen LogP contribution in [0.3, 0.4) is 0 Å². The molecular formula is C13H16N4O2S2. The highest BCUT2D eigenvalue weighted by Crippen LogP contribution is 2.30. The first-order valence-corrected chi connectivity index (χ1v) is 8.56. The van der Waals surface area contributed by atoms with E-state index in [0.717, 1.165) is 15.2 Å². The van der Waals surface area contributed by atoms with Crippen molar-refractivity contribution in [3.63, 3.8) is 0 Å². The van der Waals surface area contributed by atoms with Crippen molar-refractivity contribution in [1.29, 1.82) is 0 Å². The summed E-state index contributed by atoms with van der Waals surface area (Å²) in [6.07, 6.45) is 4.01. The second kappa shape index (κ2) is 6.48. The molecule has 1 unspecified atom stereocenters. The number of nitrogens with zero attached hydrogens (tertiary/aromatic N) is 2. The van der Waals surface area contributed by atoms with Crippen LogP contribution in [-0.2, 0) is 4.79 Å². The van der Waals surface area contributed by atoms with Gasteiger partial charge in [-0.15, -0.1) is 10.2 Å². The second-order valence-corrected chi connectivity index (χ2v) is 7.09. The summed E-state index contributed by atoms with van der Waals surface area (Å²) in [6.45, 7) is 1.89. The maximum atomic E-state index is 11.9. The van der Waals surface area contributed by atoms with Crippen LogP contribution < -0.4 is 10.6 Å². The molecule has 112 valence electrons. The highest BCUT2D eigenvalue weighted by Gasteiger charge is 2.22. The summed E-state index contributed by atoms with van der Waals surface area (Å²) < 4.78 is 6.06. The van der Waals surface area contributed by atoms with Gasteiger partial charge in [-0.25, -0.2) is 0 Å². The van der Waals surface area contributed by atoms with Crippen molar-refractivity contribution in [3.05, 3.63) is 24.2 Å². The topological polar surface area (TPSA) is 80.0 Å². The van der Waals surface area contributed by atoms with Crippen molar-refractivity contribution in [1.82, 2.24) is 15.5 Å². The lowest BCUT2D eigenvalue weighted by Crippen LogP contribution is -2.27. The molecule has 2 heterocycles. The van der Waals surface area contributed by atoms with Gasteiger partial charge in [0.25, 0.3) is 0 Å². The molecule has 1 aliphatic carbocycles. The van der Waals surface area contributed by atoms with Crippen LogP contribution in [0.2, 0.25) is 0 Å². The van der Waals surface area contributed by atoms with Gasteiger partial charge in [0, 0.05) is 6.04 Å². The summed E-state index contributed by atoms with van der Waals surface area (Å²) in [5.74, 6) is 1.03. The Morgan fingerprint density at radius 3 is 3.14 bits per heavy atom. The van der Waals surface area contributed by atoms with Gasteiger partial charge in [0.1, 0.15) is 5.76 Å². The number of anilines is 1. The first-order chi connectivity index (χ1) is 10.2. The number of furan rings is 1. The molecule has 1 amide bonds. The molecule has 0 radical (unpaired) electrons. The Morgan fingerprint density at radius 1 is 1.57 bits per heavy atom. The van der Waals surface area contributed by atoms with Gasteiger partial charge in [-0.1, -0.05) is 23.1 Å². The molecule has 1 saturated carbocycles. The summed E-state index contributed by atoms with van der Waals surface area (Å²) in [6, 6.07) is 4.09. The molecule has 2 aromatic rings. The van der Waals surface area contributed by atoms with Gasteiger partial charge in [-0.3, -0.25) is 4.79 Å². The average Bonchev–Trinajstić information content (AvgIpc) is 2.95. The van der Waals surface area contributed by atoms with Gasteiger partial charge >= 0.3 is 0 Å². The number of aromatic nitrogens is 2. The van der Waals surface area contributed by atoms with Gasteiger partial charge in [0.05, 0.1) is 18.1 Å². The Balaban J connectivity index is 1.43. The van der Waals surface area contributed by atoms with Gasteiger partial charge in [0.2, 0.25) is 11.0 Å². The van der Waals surface area contributed by atoms with Crippen molar-refractivity contribution in [3.8, 4) is 0 Å². The fourth-order valence-electron chi connectivity index (χ4n) is 1.75. The Hall–Kier alpha value is -1.54. The Morgan fingerprint density at radius 2 is 2.43 bits per heavy atom. The van der Waals surface area contributed by atoms with E-state index >= 15 is 0 Å². The van der Waals surface area contributed by atoms with E-state index in [2.05, 4.69) is 20.8 Å². The van der Waals surface area contributed by atoms with E-state index in [1.807, 2.05) is 19.1 Å². The molecule has 0 spiro atoms. The molecule has 3 rings (SSSR count).